The zero-order chi connectivity index (χ0) is 15.7. The Morgan fingerprint density at radius 2 is 2.05 bits per heavy atom. The second-order valence-electron chi connectivity index (χ2n) is 5.20. The van der Waals surface area contributed by atoms with E-state index in [0.29, 0.717) is 5.69 Å². The van der Waals surface area contributed by atoms with Gasteiger partial charge < -0.3 is 4.57 Å². The van der Waals surface area contributed by atoms with Gasteiger partial charge in [0, 0.05) is 29.7 Å². The molecule has 0 saturated heterocycles. The van der Waals surface area contributed by atoms with E-state index >= 15 is 0 Å². The zero-order valence-electron chi connectivity index (χ0n) is 12.5. The van der Waals surface area contributed by atoms with E-state index in [0.717, 1.165) is 35.0 Å². The zero-order valence-corrected chi connectivity index (χ0v) is 13.3. The minimum atomic E-state index is -0.107. The minimum absolute atomic E-state index is 0.107. The van der Waals surface area contributed by atoms with Crippen molar-refractivity contribution in [3.8, 4) is 0 Å². The van der Waals surface area contributed by atoms with E-state index in [1.54, 1.807) is 0 Å². The summed E-state index contributed by atoms with van der Waals surface area (Å²) in [6.45, 7) is 2.10. The highest BCUT2D eigenvalue weighted by molar-refractivity contribution is 6.30. The Bertz CT molecular complexity index is 854. The number of carbonyl (C=O) groups is 1. The highest BCUT2D eigenvalue weighted by Gasteiger charge is 2.22. The molecule has 0 atom stereocenters. The van der Waals surface area contributed by atoms with Crippen molar-refractivity contribution in [1.82, 2.24) is 14.5 Å². The summed E-state index contributed by atoms with van der Waals surface area (Å²) in [5.74, 6) is -0.107. The van der Waals surface area contributed by atoms with Crippen LogP contribution in [0.3, 0.4) is 0 Å². The van der Waals surface area contributed by atoms with Gasteiger partial charge in [-0.15, -0.1) is 0 Å². The van der Waals surface area contributed by atoms with Gasteiger partial charge in [-0.1, -0.05) is 43.1 Å². The van der Waals surface area contributed by atoms with Crippen molar-refractivity contribution in [1.29, 1.82) is 0 Å². The van der Waals surface area contributed by atoms with Gasteiger partial charge in [-0.2, -0.15) is 0 Å². The lowest BCUT2D eigenvalue weighted by atomic mass is 10.0. The molecule has 3 aromatic rings. The van der Waals surface area contributed by atoms with E-state index < -0.39 is 0 Å². The number of benzene rings is 1. The van der Waals surface area contributed by atoms with Crippen LogP contribution < -0.4 is 0 Å². The number of aryl methyl sites for hydroxylation is 1. The highest BCUT2D eigenvalue weighted by Crippen LogP contribution is 2.28. The fourth-order valence-corrected chi connectivity index (χ4v) is 2.96. The summed E-state index contributed by atoms with van der Waals surface area (Å²) < 4.78 is 2.09. The number of hydrogen-bond donors (Lipinski definition) is 0. The summed E-state index contributed by atoms with van der Waals surface area (Å²) in [5.41, 5.74) is 3.13. The first-order valence-corrected chi connectivity index (χ1v) is 7.59. The molecule has 5 heteroatoms. The van der Waals surface area contributed by atoms with Crippen molar-refractivity contribution in [3.05, 3.63) is 58.8 Å². The second-order valence-corrected chi connectivity index (χ2v) is 5.59. The van der Waals surface area contributed by atoms with Crippen LogP contribution in [0.2, 0.25) is 5.15 Å². The minimum Gasteiger partial charge on any atom is -0.347 e. The van der Waals surface area contributed by atoms with Crippen LogP contribution in [0.5, 0.6) is 0 Å². The van der Waals surface area contributed by atoms with Crippen molar-refractivity contribution in [3.63, 3.8) is 0 Å². The normalized spacial score (nSPS) is 11.0. The fraction of sp³-hybridized carbons (Fsp3) is 0.235. The first-order chi connectivity index (χ1) is 10.6. The number of fused-ring (bicyclic) bond motifs is 1. The molecule has 22 heavy (non-hydrogen) atoms. The average molecular weight is 314 g/mol. The second kappa shape index (κ2) is 5.89. The quantitative estimate of drug-likeness (QED) is 0.543. The van der Waals surface area contributed by atoms with Gasteiger partial charge in [0.25, 0.3) is 0 Å². The largest absolute Gasteiger partial charge is 0.347 e. The molecular weight excluding hydrogens is 298 g/mol. The summed E-state index contributed by atoms with van der Waals surface area (Å²) in [4.78, 5) is 20.9. The van der Waals surface area contributed by atoms with Gasteiger partial charge >= 0.3 is 0 Å². The van der Waals surface area contributed by atoms with Crippen molar-refractivity contribution in [2.45, 2.75) is 19.8 Å². The molecule has 0 radical (unpaired) electrons. The van der Waals surface area contributed by atoms with Crippen LogP contribution >= 0.6 is 11.6 Å². The van der Waals surface area contributed by atoms with Crippen LogP contribution in [0.4, 0.5) is 0 Å². The molecule has 2 aromatic heterocycles. The molecule has 4 nitrogen and oxygen atoms in total. The summed E-state index contributed by atoms with van der Waals surface area (Å²) in [6.07, 6.45) is 3.13. The number of hydrogen-bond acceptors (Lipinski definition) is 3. The van der Waals surface area contributed by atoms with Gasteiger partial charge in [0.2, 0.25) is 5.78 Å². The van der Waals surface area contributed by atoms with E-state index in [9.17, 15) is 4.79 Å². The first kappa shape index (κ1) is 14.7. The maximum Gasteiger partial charge on any atom is 0.213 e. The predicted molar refractivity (Wildman–Crippen MR) is 87.4 cm³/mol. The van der Waals surface area contributed by atoms with Crippen LogP contribution in [0.25, 0.3) is 10.9 Å². The Hall–Kier alpha value is -2.20. The van der Waals surface area contributed by atoms with E-state index in [-0.39, 0.29) is 10.9 Å². The van der Waals surface area contributed by atoms with Crippen molar-refractivity contribution < 1.29 is 4.79 Å². The number of nitrogens with zero attached hydrogens (tertiary/aromatic N) is 3. The van der Waals surface area contributed by atoms with Crippen LogP contribution in [0.1, 0.15) is 35.1 Å². The summed E-state index contributed by atoms with van der Waals surface area (Å²) in [7, 11) is 2.00. The maximum absolute atomic E-state index is 13.0. The molecule has 0 aliphatic rings. The fourth-order valence-electron chi connectivity index (χ4n) is 2.81. The summed E-state index contributed by atoms with van der Waals surface area (Å²) >= 11 is 5.89. The maximum atomic E-state index is 13.0. The molecule has 0 saturated carbocycles. The number of halogens is 1. The summed E-state index contributed by atoms with van der Waals surface area (Å²) in [6, 6.07) is 9.44. The Labute approximate surface area is 133 Å². The third kappa shape index (κ3) is 2.40. The number of para-hydroxylation sites is 1. The van der Waals surface area contributed by atoms with Gasteiger partial charge in [-0.05, 0) is 12.5 Å². The Kier molecular flexibility index (Phi) is 3.94. The smallest absolute Gasteiger partial charge is 0.213 e. The number of ketones is 1. The van der Waals surface area contributed by atoms with E-state index in [1.807, 2.05) is 31.3 Å². The standard InChI is InChI=1S/C17H16ClN3O/c1-3-6-14-16(11-7-4-5-8-13(11)21(14)2)17(22)12-9-15(18)20-10-19-12/h4-5,7-10H,3,6H2,1-2H3. The highest BCUT2D eigenvalue weighted by atomic mass is 35.5. The topological polar surface area (TPSA) is 47.8 Å². The first-order valence-electron chi connectivity index (χ1n) is 7.22. The lowest BCUT2D eigenvalue weighted by Gasteiger charge is -2.06. The Morgan fingerprint density at radius 3 is 2.77 bits per heavy atom. The van der Waals surface area contributed by atoms with Gasteiger partial charge in [-0.25, -0.2) is 9.97 Å². The lowest BCUT2D eigenvalue weighted by molar-refractivity contribution is 0.103. The molecule has 112 valence electrons. The predicted octanol–water partition coefficient (Wildman–Crippen LogP) is 3.81. The van der Waals surface area contributed by atoms with Crippen LogP contribution in [0, 0.1) is 0 Å². The van der Waals surface area contributed by atoms with Crippen molar-refractivity contribution >= 4 is 28.3 Å². The third-order valence-electron chi connectivity index (χ3n) is 3.81. The van der Waals surface area contributed by atoms with Gasteiger partial charge in [0.05, 0.1) is 5.56 Å². The van der Waals surface area contributed by atoms with E-state index in [1.165, 1.54) is 12.4 Å². The molecule has 0 aliphatic heterocycles. The molecule has 0 unspecified atom stereocenters. The number of aromatic nitrogens is 3. The molecule has 0 spiro atoms. The summed E-state index contributed by atoms with van der Waals surface area (Å²) in [5, 5.41) is 1.23. The third-order valence-corrected chi connectivity index (χ3v) is 4.02. The molecule has 0 N–H and O–H groups in total. The molecule has 1 aromatic carbocycles. The van der Waals surface area contributed by atoms with Gasteiger partial charge in [0.15, 0.2) is 0 Å². The molecule has 2 heterocycles. The Balaban J connectivity index is 2.25. The van der Waals surface area contributed by atoms with Crippen molar-refractivity contribution in [2.75, 3.05) is 0 Å². The Morgan fingerprint density at radius 1 is 1.27 bits per heavy atom. The number of carbonyl (C=O) groups excluding carboxylic acids is 1. The molecule has 0 fully saturated rings. The average Bonchev–Trinajstić information content (AvgIpc) is 2.80. The van der Waals surface area contributed by atoms with E-state index in [2.05, 4.69) is 21.5 Å². The van der Waals surface area contributed by atoms with Crippen molar-refractivity contribution in [2.24, 2.45) is 7.05 Å². The number of rotatable bonds is 4. The molecular formula is C17H16ClN3O. The van der Waals surface area contributed by atoms with Gasteiger partial charge in [0.1, 0.15) is 17.2 Å². The SMILES string of the molecule is CCCc1c(C(=O)c2cc(Cl)ncn2)c2ccccc2n1C. The van der Waals surface area contributed by atoms with Crippen LogP contribution in [-0.4, -0.2) is 20.3 Å². The van der Waals surface area contributed by atoms with Crippen LogP contribution in [0.15, 0.2) is 36.7 Å². The monoisotopic (exact) mass is 313 g/mol. The molecule has 3 rings (SSSR count). The van der Waals surface area contributed by atoms with E-state index in [4.69, 9.17) is 11.6 Å². The molecule has 0 amide bonds. The molecule has 0 bridgehead atoms. The lowest BCUT2D eigenvalue weighted by Crippen LogP contribution is -2.08. The molecule has 0 aliphatic carbocycles. The van der Waals surface area contributed by atoms with Crippen LogP contribution in [-0.2, 0) is 13.5 Å². The van der Waals surface area contributed by atoms with Gasteiger partial charge in [-0.3, -0.25) is 4.79 Å².